The van der Waals surface area contributed by atoms with E-state index in [1.807, 2.05) is 60.7 Å². The lowest BCUT2D eigenvalue weighted by molar-refractivity contribution is -0.124. The molecule has 1 unspecified atom stereocenters. The number of hydrogen-bond donors (Lipinski definition) is 4. The molecule has 0 spiro atoms. The van der Waals surface area contributed by atoms with Crippen molar-refractivity contribution in [3.8, 4) is 0 Å². The molecule has 0 saturated carbocycles. The number of nitrogens with zero attached hydrogens (tertiary/aromatic N) is 1. The van der Waals surface area contributed by atoms with E-state index in [1.165, 1.54) is 6.08 Å². The van der Waals surface area contributed by atoms with Crippen molar-refractivity contribution >= 4 is 18.0 Å². The normalized spacial score (nSPS) is 11.7. The molecule has 0 aliphatic carbocycles. The number of benzene rings is 3. The molecule has 7 heteroatoms. The van der Waals surface area contributed by atoms with Crippen LogP contribution in [0, 0.1) is 0 Å². The lowest BCUT2D eigenvalue weighted by atomic mass is 10.1. The fourth-order valence-electron chi connectivity index (χ4n) is 3.25. The maximum Gasteiger partial charge on any atom is 0.319 e. The number of hydroxylamine groups is 1. The SMILES string of the molecule is O=C(/C=C/c1ccc(CN(CCc2ccccc2)C(=O)NC(O)c2ccccc2)cc1)NO. The first-order valence-corrected chi connectivity index (χ1v) is 10.6. The molecule has 0 radical (unpaired) electrons. The molecule has 0 aliphatic rings. The Morgan fingerprint density at radius 3 is 2.15 bits per heavy atom. The van der Waals surface area contributed by atoms with E-state index in [0.717, 1.165) is 16.7 Å². The Labute approximate surface area is 193 Å². The molecule has 3 rings (SSSR count). The van der Waals surface area contributed by atoms with Gasteiger partial charge >= 0.3 is 6.03 Å². The van der Waals surface area contributed by atoms with Crippen molar-refractivity contribution in [1.29, 1.82) is 0 Å². The van der Waals surface area contributed by atoms with Crippen molar-refractivity contribution in [3.05, 3.63) is 113 Å². The van der Waals surface area contributed by atoms with E-state index in [9.17, 15) is 14.7 Å². The second kappa shape index (κ2) is 12.2. The summed E-state index contributed by atoms with van der Waals surface area (Å²) in [5.41, 5.74) is 4.94. The molecule has 3 amide bonds. The third-order valence-electron chi connectivity index (χ3n) is 5.07. The zero-order valence-corrected chi connectivity index (χ0v) is 18.1. The highest BCUT2D eigenvalue weighted by Crippen LogP contribution is 2.13. The van der Waals surface area contributed by atoms with Gasteiger partial charge in [0.25, 0.3) is 5.91 Å². The van der Waals surface area contributed by atoms with Gasteiger partial charge in [-0.2, -0.15) is 0 Å². The molecule has 3 aromatic carbocycles. The summed E-state index contributed by atoms with van der Waals surface area (Å²) in [7, 11) is 0. The van der Waals surface area contributed by atoms with E-state index in [4.69, 9.17) is 5.21 Å². The summed E-state index contributed by atoms with van der Waals surface area (Å²) in [6.07, 6.45) is 2.36. The molecule has 33 heavy (non-hydrogen) atoms. The van der Waals surface area contributed by atoms with Crippen LogP contribution in [0.2, 0.25) is 0 Å². The number of urea groups is 1. The van der Waals surface area contributed by atoms with Crippen molar-refractivity contribution in [1.82, 2.24) is 15.7 Å². The third-order valence-corrected chi connectivity index (χ3v) is 5.07. The summed E-state index contributed by atoms with van der Waals surface area (Å²) < 4.78 is 0. The van der Waals surface area contributed by atoms with Crippen LogP contribution in [0.3, 0.4) is 0 Å². The number of aliphatic hydroxyl groups excluding tert-OH is 1. The van der Waals surface area contributed by atoms with E-state index in [-0.39, 0.29) is 6.03 Å². The molecular weight excluding hydrogens is 418 g/mol. The zero-order valence-electron chi connectivity index (χ0n) is 18.1. The Morgan fingerprint density at radius 2 is 1.52 bits per heavy atom. The maximum absolute atomic E-state index is 13.0. The van der Waals surface area contributed by atoms with Gasteiger partial charge in [0.05, 0.1) is 0 Å². The molecule has 1 atom stereocenters. The summed E-state index contributed by atoms with van der Waals surface area (Å²) in [6, 6.07) is 25.9. The molecule has 0 bridgehead atoms. The lowest BCUT2D eigenvalue weighted by Gasteiger charge is -2.25. The van der Waals surface area contributed by atoms with Crippen molar-refractivity contribution in [2.75, 3.05) is 6.54 Å². The van der Waals surface area contributed by atoms with Crippen LogP contribution < -0.4 is 10.8 Å². The number of aliphatic hydroxyl groups is 1. The zero-order chi connectivity index (χ0) is 23.5. The second-order valence-corrected chi connectivity index (χ2v) is 7.47. The summed E-state index contributed by atoms with van der Waals surface area (Å²) in [6.45, 7) is 0.816. The molecule has 0 aromatic heterocycles. The number of carbonyl (C=O) groups is 2. The largest absolute Gasteiger partial charge is 0.369 e. The second-order valence-electron chi connectivity index (χ2n) is 7.47. The fraction of sp³-hybridized carbons (Fsp3) is 0.154. The fourth-order valence-corrected chi connectivity index (χ4v) is 3.25. The van der Waals surface area contributed by atoms with Gasteiger partial charge in [0.2, 0.25) is 0 Å². The average molecular weight is 446 g/mol. The Kier molecular flexibility index (Phi) is 8.76. The van der Waals surface area contributed by atoms with Crippen LogP contribution in [-0.2, 0) is 17.8 Å². The Balaban J connectivity index is 1.70. The van der Waals surface area contributed by atoms with E-state index in [2.05, 4.69) is 5.32 Å². The molecule has 0 fully saturated rings. The van der Waals surface area contributed by atoms with Crippen LogP contribution >= 0.6 is 0 Å². The van der Waals surface area contributed by atoms with Crippen LogP contribution in [0.15, 0.2) is 91.0 Å². The maximum atomic E-state index is 13.0. The van der Waals surface area contributed by atoms with Crippen molar-refractivity contribution in [2.24, 2.45) is 0 Å². The number of rotatable bonds is 9. The summed E-state index contributed by atoms with van der Waals surface area (Å²) >= 11 is 0. The smallest absolute Gasteiger partial charge is 0.319 e. The minimum Gasteiger partial charge on any atom is -0.369 e. The first kappa shape index (κ1) is 23.7. The molecule has 3 aromatic rings. The minimum absolute atomic E-state index is 0.349. The van der Waals surface area contributed by atoms with Gasteiger partial charge in [-0.15, -0.1) is 0 Å². The van der Waals surface area contributed by atoms with Gasteiger partial charge in [0, 0.05) is 24.7 Å². The lowest BCUT2D eigenvalue weighted by Crippen LogP contribution is -2.42. The van der Waals surface area contributed by atoms with Gasteiger partial charge in [-0.3, -0.25) is 10.0 Å². The minimum atomic E-state index is -1.11. The standard InChI is InChI=1S/C26H27N3O4/c30-24(28-33)16-15-21-11-13-22(14-12-21)19-29(18-17-20-7-3-1-4-8-20)26(32)27-25(31)23-9-5-2-6-10-23/h1-16,25,31,33H,17-19H2,(H,27,32)(H,28,30)/b16-15+. The van der Waals surface area contributed by atoms with Crippen molar-refractivity contribution < 1.29 is 19.9 Å². The summed E-state index contributed by atoms with van der Waals surface area (Å²) in [4.78, 5) is 25.8. The highest BCUT2D eigenvalue weighted by atomic mass is 16.5. The third kappa shape index (κ3) is 7.60. The monoisotopic (exact) mass is 445 g/mol. The van der Waals surface area contributed by atoms with Crippen LogP contribution in [-0.4, -0.2) is 33.7 Å². The number of hydrogen-bond acceptors (Lipinski definition) is 4. The quantitative estimate of drug-likeness (QED) is 0.175. The molecule has 7 nitrogen and oxygen atoms in total. The number of nitrogens with one attached hydrogen (secondary N) is 2. The highest BCUT2D eigenvalue weighted by Gasteiger charge is 2.18. The summed E-state index contributed by atoms with van der Waals surface area (Å²) in [5, 5.41) is 21.7. The van der Waals surface area contributed by atoms with E-state index < -0.39 is 12.1 Å². The molecular formula is C26H27N3O4. The molecule has 0 aliphatic heterocycles. The van der Waals surface area contributed by atoms with Crippen LogP contribution in [0.25, 0.3) is 6.08 Å². The molecule has 4 N–H and O–H groups in total. The highest BCUT2D eigenvalue weighted by molar-refractivity contribution is 5.90. The topological polar surface area (TPSA) is 102 Å². The predicted molar refractivity (Wildman–Crippen MR) is 126 cm³/mol. The first-order valence-electron chi connectivity index (χ1n) is 10.6. The van der Waals surface area contributed by atoms with Crippen molar-refractivity contribution in [2.45, 2.75) is 19.2 Å². The van der Waals surface area contributed by atoms with Gasteiger partial charge in [0.15, 0.2) is 6.23 Å². The van der Waals surface area contributed by atoms with E-state index in [0.29, 0.717) is 25.1 Å². The summed E-state index contributed by atoms with van der Waals surface area (Å²) in [5.74, 6) is -0.611. The van der Waals surface area contributed by atoms with E-state index >= 15 is 0 Å². The average Bonchev–Trinajstić information content (AvgIpc) is 2.86. The predicted octanol–water partition coefficient (Wildman–Crippen LogP) is 3.65. The Bertz CT molecular complexity index is 1050. The van der Waals surface area contributed by atoms with Crippen LogP contribution in [0.5, 0.6) is 0 Å². The Hall–Kier alpha value is -3.94. The number of amides is 3. The van der Waals surface area contributed by atoms with Gasteiger partial charge in [-0.05, 0) is 29.2 Å². The molecule has 0 heterocycles. The molecule has 170 valence electrons. The van der Waals surface area contributed by atoms with Crippen LogP contribution in [0.1, 0.15) is 28.5 Å². The molecule has 0 saturated heterocycles. The number of carbonyl (C=O) groups excluding carboxylic acids is 2. The Morgan fingerprint density at radius 1 is 0.879 bits per heavy atom. The van der Waals surface area contributed by atoms with Gasteiger partial charge in [0.1, 0.15) is 0 Å². The van der Waals surface area contributed by atoms with Gasteiger partial charge in [-0.1, -0.05) is 84.9 Å². The van der Waals surface area contributed by atoms with Gasteiger partial charge in [-0.25, -0.2) is 10.3 Å². The van der Waals surface area contributed by atoms with Crippen LogP contribution in [0.4, 0.5) is 4.79 Å². The van der Waals surface area contributed by atoms with Crippen molar-refractivity contribution in [3.63, 3.8) is 0 Å². The van der Waals surface area contributed by atoms with E-state index in [1.54, 1.807) is 40.7 Å². The van der Waals surface area contributed by atoms with Gasteiger partial charge < -0.3 is 15.3 Å². The first-order chi connectivity index (χ1) is 16.0.